The fourth-order valence-corrected chi connectivity index (χ4v) is 8.42. The van der Waals surface area contributed by atoms with E-state index in [-0.39, 0.29) is 16.8 Å². The van der Waals surface area contributed by atoms with Gasteiger partial charge in [0.1, 0.15) is 0 Å². The number of esters is 1. The van der Waals surface area contributed by atoms with E-state index in [0.29, 0.717) is 6.61 Å². The zero-order valence-corrected chi connectivity index (χ0v) is 23.9. The summed E-state index contributed by atoms with van der Waals surface area (Å²) in [4.78, 5) is 14.0. The molecule has 3 rings (SSSR count). The predicted octanol–water partition coefficient (Wildman–Crippen LogP) is 10.6. The van der Waals surface area contributed by atoms with Crippen molar-refractivity contribution < 1.29 is 9.53 Å². The van der Waals surface area contributed by atoms with E-state index < -0.39 is 0 Å². The number of rotatable bonds is 15. The molecule has 0 aromatic carbocycles. The van der Waals surface area contributed by atoms with Crippen molar-refractivity contribution in [2.75, 3.05) is 6.61 Å². The summed E-state index contributed by atoms with van der Waals surface area (Å²) in [6, 6.07) is 0. The number of ether oxygens (including phenoxy) is 1. The molecule has 3 fully saturated rings. The van der Waals surface area contributed by atoms with Crippen LogP contribution in [0.5, 0.6) is 0 Å². The van der Waals surface area contributed by atoms with Crippen LogP contribution in [0.2, 0.25) is 0 Å². The Morgan fingerprint density at radius 3 is 1.83 bits per heavy atom. The van der Waals surface area contributed by atoms with Crippen molar-refractivity contribution in [3.05, 3.63) is 0 Å². The molecule has 0 aliphatic heterocycles. The van der Waals surface area contributed by atoms with Crippen molar-refractivity contribution in [1.29, 1.82) is 0 Å². The van der Waals surface area contributed by atoms with E-state index in [1.807, 2.05) is 0 Å². The van der Waals surface area contributed by atoms with Crippen LogP contribution in [0.1, 0.15) is 174 Å². The Balaban J connectivity index is 1.67. The first-order valence-corrected chi connectivity index (χ1v) is 16.3. The Morgan fingerprint density at radius 1 is 0.629 bits per heavy atom. The molecule has 0 amide bonds. The zero-order chi connectivity index (χ0) is 24.8. The first-order valence-electron chi connectivity index (χ1n) is 16.3. The monoisotopic (exact) mass is 488 g/mol. The van der Waals surface area contributed by atoms with Crippen LogP contribution in [0.3, 0.4) is 0 Å². The molecule has 0 saturated heterocycles. The molecule has 2 nitrogen and oxygen atoms in total. The molecular formula is C33H60O2. The van der Waals surface area contributed by atoms with Gasteiger partial charge in [0, 0.05) is 0 Å². The molecule has 0 N–H and O–H groups in total. The number of hydrogen-bond donors (Lipinski definition) is 0. The lowest BCUT2D eigenvalue weighted by molar-refractivity contribution is -0.175. The van der Waals surface area contributed by atoms with Crippen LogP contribution in [0.15, 0.2) is 0 Å². The third-order valence-electron chi connectivity index (χ3n) is 10.7. The Morgan fingerprint density at radius 2 is 1.17 bits per heavy atom. The van der Waals surface area contributed by atoms with Crippen molar-refractivity contribution in [3.8, 4) is 0 Å². The molecule has 3 aliphatic rings. The SMILES string of the molecule is CCCCCCCCOC(=O)C1(C2(CCCCCC)CCC(C3CCCCC3)CC2)CCCCC1. The Hall–Kier alpha value is -0.530. The molecule has 35 heavy (non-hydrogen) atoms. The summed E-state index contributed by atoms with van der Waals surface area (Å²) in [7, 11) is 0. The summed E-state index contributed by atoms with van der Waals surface area (Å²) in [5, 5.41) is 0. The molecule has 0 radical (unpaired) electrons. The van der Waals surface area contributed by atoms with Crippen molar-refractivity contribution in [2.45, 2.75) is 174 Å². The number of carbonyl (C=O) groups excluding carboxylic acids is 1. The topological polar surface area (TPSA) is 26.3 Å². The second kappa shape index (κ2) is 15.7. The molecule has 0 bridgehead atoms. The first-order chi connectivity index (χ1) is 17.2. The fourth-order valence-electron chi connectivity index (χ4n) is 8.42. The van der Waals surface area contributed by atoms with Crippen LogP contribution in [0, 0.1) is 22.7 Å². The van der Waals surface area contributed by atoms with Gasteiger partial charge < -0.3 is 4.74 Å². The summed E-state index contributed by atoms with van der Waals surface area (Å²) in [5.74, 6) is 2.13. The molecule has 0 atom stereocenters. The lowest BCUT2D eigenvalue weighted by Gasteiger charge is -2.55. The third-order valence-corrected chi connectivity index (χ3v) is 10.7. The van der Waals surface area contributed by atoms with Gasteiger partial charge in [0.2, 0.25) is 0 Å². The van der Waals surface area contributed by atoms with Crippen LogP contribution in [-0.4, -0.2) is 12.6 Å². The Bertz CT molecular complexity index is 562. The van der Waals surface area contributed by atoms with Gasteiger partial charge in [0.05, 0.1) is 12.0 Å². The maximum Gasteiger partial charge on any atom is 0.312 e. The van der Waals surface area contributed by atoms with Crippen LogP contribution in [-0.2, 0) is 9.53 Å². The van der Waals surface area contributed by atoms with Gasteiger partial charge in [0.15, 0.2) is 0 Å². The first kappa shape index (κ1) is 29.0. The third kappa shape index (κ3) is 7.98. The Labute approximate surface area is 219 Å². The standard InChI is InChI=1S/C33H60O2/c1-3-5-7-9-10-18-28-35-31(34)33(24-16-12-17-25-33)32(23-15-8-6-4-2)26-21-30(22-27-32)29-19-13-11-14-20-29/h29-30H,3-28H2,1-2H3. The van der Waals surface area contributed by atoms with Crippen molar-refractivity contribution in [2.24, 2.45) is 22.7 Å². The summed E-state index contributed by atoms with van der Waals surface area (Å²) >= 11 is 0. The van der Waals surface area contributed by atoms with Crippen LogP contribution < -0.4 is 0 Å². The van der Waals surface area contributed by atoms with E-state index in [1.165, 1.54) is 141 Å². The van der Waals surface area contributed by atoms with Crippen molar-refractivity contribution in [3.63, 3.8) is 0 Å². The zero-order valence-electron chi connectivity index (χ0n) is 23.9. The minimum absolute atomic E-state index is 0.183. The lowest BCUT2D eigenvalue weighted by Crippen LogP contribution is -2.52. The van der Waals surface area contributed by atoms with E-state index >= 15 is 0 Å². The van der Waals surface area contributed by atoms with E-state index in [1.54, 1.807) is 0 Å². The van der Waals surface area contributed by atoms with E-state index in [2.05, 4.69) is 13.8 Å². The van der Waals surface area contributed by atoms with Crippen LogP contribution >= 0.6 is 0 Å². The summed E-state index contributed by atoms with van der Waals surface area (Å²) in [6.07, 6.45) is 32.7. The van der Waals surface area contributed by atoms with Gasteiger partial charge in [0.25, 0.3) is 0 Å². The summed E-state index contributed by atoms with van der Waals surface area (Å²) < 4.78 is 6.20. The summed E-state index contributed by atoms with van der Waals surface area (Å²) in [6.45, 7) is 5.24. The summed E-state index contributed by atoms with van der Waals surface area (Å²) in [5.41, 5.74) is 0.0295. The molecule has 3 aliphatic carbocycles. The number of hydrogen-bond acceptors (Lipinski definition) is 2. The van der Waals surface area contributed by atoms with E-state index in [4.69, 9.17) is 4.74 Å². The minimum atomic E-state index is -0.183. The maximum atomic E-state index is 14.0. The predicted molar refractivity (Wildman–Crippen MR) is 150 cm³/mol. The van der Waals surface area contributed by atoms with Crippen molar-refractivity contribution >= 4 is 5.97 Å². The van der Waals surface area contributed by atoms with E-state index in [0.717, 1.165) is 31.1 Å². The Kier molecular flexibility index (Phi) is 13.0. The molecular weight excluding hydrogens is 428 g/mol. The highest BCUT2D eigenvalue weighted by Crippen LogP contribution is 2.61. The fraction of sp³-hybridized carbons (Fsp3) is 0.970. The normalized spacial score (nSPS) is 27.5. The molecule has 2 heteroatoms. The highest BCUT2D eigenvalue weighted by molar-refractivity contribution is 5.78. The average molecular weight is 489 g/mol. The number of carbonyl (C=O) groups is 1. The van der Waals surface area contributed by atoms with Gasteiger partial charge in [-0.15, -0.1) is 0 Å². The smallest absolute Gasteiger partial charge is 0.312 e. The number of unbranched alkanes of at least 4 members (excludes halogenated alkanes) is 8. The second-order valence-electron chi connectivity index (χ2n) is 12.9. The maximum absolute atomic E-state index is 14.0. The molecule has 0 heterocycles. The second-order valence-corrected chi connectivity index (χ2v) is 12.9. The highest BCUT2D eigenvalue weighted by Gasteiger charge is 2.57. The van der Waals surface area contributed by atoms with Gasteiger partial charge in [-0.05, 0) is 68.6 Å². The van der Waals surface area contributed by atoms with Gasteiger partial charge in [-0.1, -0.05) is 123 Å². The quantitative estimate of drug-likeness (QED) is 0.169. The molecule has 204 valence electrons. The molecule has 0 spiro atoms. The van der Waals surface area contributed by atoms with E-state index in [9.17, 15) is 4.79 Å². The average Bonchev–Trinajstić information content (AvgIpc) is 2.91. The van der Waals surface area contributed by atoms with Gasteiger partial charge in [-0.3, -0.25) is 4.79 Å². The largest absolute Gasteiger partial charge is 0.465 e. The molecule has 0 aromatic heterocycles. The van der Waals surface area contributed by atoms with Gasteiger partial charge in [-0.25, -0.2) is 0 Å². The van der Waals surface area contributed by atoms with Gasteiger partial charge >= 0.3 is 5.97 Å². The van der Waals surface area contributed by atoms with Crippen molar-refractivity contribution in [1.82, 2.24) is 0 Å². The van der Waals surface area contributed by atoms with Crippen LogP contribution in [0.4, 0.5) is 0 Å². The lowest BCUT2D eigenvalue weighted by atomic mass is 9.49. The molecule has 0 aromatic rings. The molecule has 0 unspecified atom stereocenters. The molecule has 3 saturated carbocycles. The minimum Gasteiger partial charge on any atom is -0.465 e. The highest BCUT2D eigenvalue weighted by atomic mass is 16.5. The van der Waals surface area contributed by atoms with Gasteiger partial charge in [-0.2, -0.15) is 0 Å². The van der Waals surface area contributed by atoms with Crippen LogP contribution in [0.25, 0.3) is 0 Å².